The zero-order valence-electron chi connectivity index (χ0n) is 11.6. The van der Waals surface area contributed by atoms with Gasteiger partial charge in [0.1, 0.15) is 11.6 Å². The lowest BCUT2D eigenvalue weighted by Gasteiger charge is -2.10. The minimum absolute atomic E-state index is 0.0248. The zero-order chi connectivity index (χ0) is 16.4. The van der Waals surface area contributed by atoms with Crippen LogP contribution in [-0.2, 0) is 6.42 Å². The smallest absolute Gasteiger partial charge is 0.336 e. The van der Waals surface area contributed by atoms with Crippen LogP contribution >= 0.6 is 0 Å². The van der Waals surface area contributed by atoms with Crippen molar-refractivity contribution in [2.45, 2.75) is 13.3 Å². The summed E-state index contributed by atoms with van der Waals surface area (Å²) in [5, 5.41) is 18.1. The molecule has 0 fully saturated rings. The molecule has 0 atom stereocenters. The molecule has 0 unspecified atom stereocenters. The lowest BCUT2D eigenvalue weighted by molar-refractivity contribution is 0.0684. The Kier molecular flexibility index (Phi) is 4.21. The van der Waals surface area contributed by atoms with Crippen LogP contribution in [0, 0.1) is 18.6 Å². The lowest BCUT2D eigenvalue weighted by Crippen LogP contribution is -2.08. The predicted octanol–water partition coefficient (Wildman–Crippen LogP) is 3.26. The third kappa shape index (κ3) is 2.95. The minimum Gasteiger partial charge on any atom is -0.478 e. The van der Waals surface area contributed by atoms with Crippen molar-refractivity contribution in [3.8, 4) is 0 Å². The van der Waals surface area contributed by atoms with E-state index in [1.54, 1.807) is 0 Å². The van der Waals surface area contributed by atoms with Gasteiger partial charge in [-0.05, 0) is 42.3 Å². The van der Waals surface area contributed by atoms with E-state index >= 15 is 0 Å². The molecule has 0 saturated heterocycles. The summed E-state index contributed by atoms with van der Waals surface area (Å²) in [6, 6.07) is 5.91. The van der Waals surface area contributed by atoms with Gasteiger partial charge in [-0.2, -0.15) is 0 Å². The first-order chi connectivity index (χ1) is 10.3. The Morgan fingerprint density at radius 3 is 2.23 bits per heavy atom. The van der Waals surface area contributed by atoms with Crippen LogP contribution in [-0.4, -0.2) is 22.2 Å². The highest BCUT2D eigenvalue weighted by Gasteiger charge is 2.17. The van der Waals surface area contributed by atoms with Crippen molar-refractivity contribution in [2.24, 2.45) is 0 Å². The molecule has 0 aliphatic heterocycles. The molecule has 0 amide bonds. The van der Waals surface area contributed by atoms with Gasteiger partial charge in [-0.1, -0.05) is 6.07 Å². The van der Waals surface area contributed by atoms with Crippen molar-refractivity contribution >= 4 is 11.9 Å². The normalized spacial score (nSPS) is 10.5. The number of carboxylic acids is 2. The van der Waals surface area contributed by atoms with Crippen molar-refractivity contribution in [1.29, 1.82) is 0 Å². The van der Waals surface area contributed by atoms with E-state index in [-0.39, 0.29) is 34.2 Å². The van der Waals surface area contributed by atoms with Crippen molar-refractivity contribution < 1.29 is 28.6 Å². The number of rotatable bonds is 4. The third-order valence-electron chi connectivity index (χ3n) is 3.36. The molecule has 114 valence electrons. The van der Waals surface area contributed by atoms with Crippen molar-refractivity contribution in [2.75, 3.05) is 0 Å². The summed E-state index contributed by atoms with van der Waals surface area (Å²) in [5.41, 5.74) is -0.424. The van der Waals surface area contributed by atoms with Gasteiger partial charge in [0.05, 0.1) is 11.1 Å². The van der Waals surface area contributed by atoms with Crippen molar-refractivity contribution in [3.63, 3.8) is 0 Å². The molecule has 0 saturated carbocycles. The molecular formula is C16H12F2O4. The SMILES string of the molecule is Cc1c(F)cc(Cc2c(F)cccc2C(=O)O)cc1C(=O)O. The Morgan fingerprint density at radius 1 is 1.00 bits per heavy atom. The Hall–Kier alpha value is -2.76. The van der Waals surface area contributed by atoms with E-state index in [2.05, 4.69) is 0 Å². The lowest BCUT2D eigenvalue weighted by atomic mass is 9.96. The largest absolute Gasteiger partial charge is 0.478 e. The predicted molar refractivity (Wildman–Crippen MR) is 74.3 cm³/mol. The van der Waals surface area contributed by atoms with Gasteiger partial charge < -0.3 is 10.2 Å². The van der Waals surface area contributed by atoms with E-state index in [4.69, 9.17) is 10.2 Å². The van der Waals surface area contributed by atoms with Crippen molar-refractivity contribution in [1.82, 2.24) is 0 Å². The molecule has 0 aliphatic carbocycles. The molecule has 2 N–H and O–H groups in total. The van der Waals surface area contributed by atoms with Crippen LogP contribution in [0.5, 0.6) is 0 Å². The average molecular weight is 306 g/mol. The fraction of sp³-hybridized carbons (Fsp3) is 0.125. The van der Waals surface area contributed by atoms with Crippen LogP contribution in [0.25, 0.3) is 0 Å². The summed E-state index contributed by atoms with van der Waals surface area (Å²) < 4.78 is 27.7. The first-order valence-electron chi connectivity index (χ1n) is 6.34. The second-order valence-corrected chi connectivity index (χ2v) is 4.80. The van der Waals surface area contributed by atoms with Crippen LogP contribution < -0.4 is 0 Å². The summed E-state index contributed by atoms with van der Waals surface area (Å²) in [5.74, 6) is -4.08. The number of hydrogen-bond donors (Lipinski definition) is 2. The van der Waals surface area contributed by atoms with E-state index in [1.165, 1.54) is 25.1 Å². The molecule has 0 heterocycles. The first kappa shape index (κ1) is 15.6. The average Bonchev–Trinajstić information content (AvgIpc) is 2.44. The highest BCUT2D eigenvalue weighted by molar-refractivity contribution is 5.90. The second-order valence-electron chi connectivity index (χ2n) is 4.80. The molecule has 2 aromatic carbocycles. The monoisotopic (exact) mass is 306 g/mol. The van der Waals surface area contributed by atoms with Gasteiger partial charge in [-0.15, -0.1) is 0 Å². The molecule has 0 radical (unpaired) electrons. The van der Waals surface area contributed by atoms with Crippen LogP contribution in [0.3, 0.4) is 0 Å². The number of hydrogen-bond acceptors (Lipinski definition) is 2. The standard InChI is InChI=1S/C16H12F2O4/c1-8-11(16(21)22)5-9(7-14(8)18)6-12-10(15(19)20)3-2-4-13(12)17/h2-5,7H,6H2,1H3,(H,19,20)(H,21,22). The van der Waals surface area contributed by atoms with E-state index in [0.717, 1.165) is 12.1 Å². The highest BCUT2D eigenvalue weighted by Crippen LogP contribution is 2.22. The number of benzene rings is 2. The molecule has 0 aliphatic rings. The van der Waals surface area contributed by atoms with Gasteiger partial charge >= 0.3 is 11.9 Å². The van der Waals surface area contributed by atoms with Crippen molar-refractivity contribution in [3.05, 3.63) is 69.8 Å². The Bertz CT molecular complexity index is 769. The maximum absolute atomic E-state index is 13.9. The second kappa shape index (κ2) is 5.93. The molecule has 6 heteroatoms. The number of halogens is 2. The number of carboxylic acid groups (broad SMARTS) is 2. The fourth-order valence-corrected chi connectivity index (χ4v) is 2.20. The van der Waals surface area contributed by atoms with Crippen LogP contribution in [0.2, 0.25) is 0 Å². The van der Waals surface area contributed by atoms with Crippen LogP contribution in [0.1, 0.15) is 37.4 Å². The van der Waals surface area contributed by atoms with Gasteiger partial charge in [-0.25, -0.2) is 18.4 Å². The topological polar surface area (TPSA) is 74.6 Å². The highest BCUT2D eigenvalue weighted by atomic mass is 19.1. The Balaban J connectivity index is 2.53. The number of aromatic carboxylic acids is 2. The summed E-state index contributed by atoms with van der Waals surface area (Å²) in [7, 11) is 0. The van der Waals surface area contributed by atoms with Gasteiger partial charge in [0.15, 0.2) is 0 Å². The maximum atomic E-state index is 13.9. The molecule has 2 aromatic rings. The van der Waals surface area contributed by atoms with Gasteiger partial charge in [0, 0.05) is 12.0 Å². The molecule has 4 nitrogen and oxygen atoms in total. The summed E-state index contributed by atoms with van der Waals surface area (Å²) in [6.45, 7) is 1.33. The van der Waals surface area contributed by atoms with E-state index < -0.39 is 23.6 Å². The molecular weight excluding hydrogens is 294 g/mol. The van der Waals surface area contributed by atoms with E-state index in [0.29, 0.717) is 0 Å². The number of carbonyl (C=O) groups is 2. The Labute approximate surface area is 124 Å². The third-order valence-corrected chi connectivity index (χ3v) is 3.36. The molecule has 0 bridgehead atoms. The minimum atomic E-state index is -1.31. The maximum Gasteiger partial charge on any atom is 0.336 e. The molecule has 22 heavy (non-hydrogen) atoms. The summed E-state index contributed by atoms with van der Waals surface area (Å²) in [4.78, 5) is 22.2. The Morgan fingerprint density at radius 2 is 1.64 bits per heavy atom. The van der Waals surface area contributed by atoms with Gasteiger partial charge in [0.2, 0.25) is 0 Å². The molecule has 0 aromatic heterocycles. The van der Waals surface area contributed by atoms with Crippen LogP contribution in [0.4, 0.5) is 8.78 Å². The van der Waals surface area contributed by atoms with Crippen LogP contribution in [0.15, 0.2) is 30.3 Å². The quantitative estimate of drug-likeness (QED) is 0.909. The summed E-state index contributed by atoms with van der Waals surface area (Å²) >= 11 is 0. The molecule has 0 spiro atoms. The van der Waals surface area contributed by atoms with Gasteiger partial charge in [0.25, 0.3) is 0 Å². The van der Waals surface area contributed by atoms with Gasteiger partial charge in [-0.3, -0.25) is 0 Å². The zero-order valence-corrected chi connectivity index (χ0v) is 11.6. The van der Waals surface area contributed by atoms with E-state index in [1.807, 2.05) is 0 Å². The fourth-order valence-electron chi connectivity index (χ4n) is 2.20. The molecule has 2 rings (SSSR count). The summed E-state index contributed by atoms with van der Waals surface area (Å²) in [6.07, 6.45) is -0.216. The van der Waals surface area contributed by atoms with E-state index in [9.17, 15) is 18.4 Å². The first-order valence-corrected chi connectivity index (χ1v) is 6.34.